The van der Waals surface area contributed by atoms with Crippen LogP contribution in [0.5, 0.6) is 0 Å². The highest BCUT2D eigenvalue weighted by Gasteiger charge is 2.04. The van der Waals surface area contributed by atoms with Gasteiger partial charge in [-0.15, -0.1) is 0 Å². The van der Waals surface area contributed by atoms with Gasteiger partial charge < -0.3 is 10.4 Å². The molecule has 1 aromatic rings. The topological polar surface area (TPSA) is 92.5 Å². The van der Waals surface area contributed by atoms with E-state index in [1.165, 1.54) is 12.1 Å². The number of non-ortho nitro benzene ring substituents is 1. The van der Waals surface area contributed by atoms with E-state index in [-0.39, 0.29) is 12.1 Å². The van der Waals surface area contributed by atoms with Gasteiger partial charge in [0.15, 0.2) is 0 Å². The van der Waals surface area contributed by atoms with Crippen LogP contribution in [0.1, 0.15) is 24.8 Å². The lowest BCUT2D eigenvalue weighted by Crippen LogP contribution is -2.15. The number of nitro groups is 1. The second kappa shape index (κ2) is 7.39. The number of nitrogens with zero attached hydrogens (tertiary/aromatic N) is 1. The standard InChI is InChI=1S/C12H16N2O4/c15-12(16)6-1-2-7-13-9-10-4-3-5-11(8-10)14(17)18/h3-5,8,13H,1-2,6-7,9H2,(H,15,16). The number of rotatable bonds is 8. The van der Waals surface area contributed by atoms with Crippen LogP contribution in [0.15, 0.2) is 24.3 Å². The van der Waals surface area contributed by atoms with Crippen LogP contribution in [0.4, 0.5) is 5.69 Å². The number of nitrogens with one attached hydrogen (secondary N) is 1. The molecule has 6 heteroatoms. The van der Waals surface area contributed by atoms with Gasteiger partial charge in [0.1, 0.15) is 0 Å². The Morgan fingerprint density at radius 1 is 1.39 bits per heavy atom. The molecule has 0 fully saturated rings. The lowest BCUT2D eigenvalue weighted by Gasteiger charge is -2.04. The van der Waals surface area contributed by atoms with Crippen molar-refractivity contribution in [3.63, 3.8) is 0 Å². The zero-order valence-electron chi connectivity index (χ0n) is 9.96. The molecule has 0 unspecified atom stereocenters. The predicted molar refractivity (Wildman–Crippen MR) is 66.3 cm³/mol. The summed E-state index contributed by atoms with van der Waals surface area (Å²) in [6, 6.07) is 6.46. The molecule has 0 aliphatic heterocycles. The highest BCUT2D eigenvalue weighted by atomic mass is 16.6. The van der Waals surface area contributed by atoms with Gasteiger partial charge in [-0.05, 0) is 24.9 Å². The first-order valence-corrected chi connectivity index (χ1v) is 5.75. The van der Waals surface area contributed by atoms with Crippen molar-refractivity contribution < 1.29 is 14.8 Å². The SMILES string of the molecule is O=C(O)CCCCNCc1cccc([N+](=O)[O-])c1. The quantitative estimate of drug-likeness (QED) is 0.419. The van der Waals surface area contributed by atoms with E-state index in [1.807, 2.05) is 6.07 Å². The fourth-order valence-corrected chi connectivity index (χ4v) is 1.54. The molecule has 0 heterocycles. The van der Waals surface area contributed by atoms with E-state index in [1.54, 1.807) is 6.07 Å². The second-order valence-corrected chi connectivity index (χ2v) is 3.95. The minimum Gasteiger partial charge on any atom is -0.481 e. The Kier molecular flexibility index (Phi) is 5.79. The maximum Gasteiger partial charge on any atom is 0.303 e. The van der Waals surface area contributed by atoms with E-state index in [0.29, 0.717) is 19.5 Å². The van der Waals surface area contributed by atoms with Gasteiger partial charge in [0, 0.05) is 25.1 Å². The monoisotopic (exact) mass is 252 g/mol. The summed E-state index contributed by atoms with van der Waals surface area (Å²) in [5.74, 6) is -0.784. The number of unbranched alkanes of at least 4 members (excludes halogenated alkanes) is 1. The molecule has 0 amide bonds. The Bertz CT molecular complexity index is 420. The van der Waals surface area contributed by atoms with Crippen molar-refractivity contribution in [3.05, 3.63) is 39.9 Å². The number of carboxylic acid groups (broad SMARTS) is 1. The molecule has 1 rings (SSSR count). The Balaban J connectivity index is 2.25. The number of benzene rings is 1. The molecular formula is C12H16N2O4. The largest absolute Gasteiger partial charge is 0.481 e. The van der Waals surface area contributed by atoms with Gasteiger partial charge in [-0.25, -0.2) is 0 Å². The molecule has 2 N–H and O–H groups in total. The first kappa shape index (κ1) is 14.1. The normalized spacial score (nSPS) is 10.2. The Hall–Kier alpha value is -1.95. The van der Waals surface area contributed by atoms with Crippen LogP contribution in [0.2, 0.25) is 0 Å². The number of hydrogen-bond acceptors (Lipinski definition) is 4. The van der Waals surface area contributed by atoms with Crippen LogP contribution >= 0.6 is 0 Å². The van der Waals surface area contributed by atoms with Crippen molar-refractivity contribution in [3.8, 4) is 0 Å². The van der Waals surface area contributed by atoms with Crippen LogP contribution in [-0.2, 0) is 11.3 Å². The van der Waals surface area contributed by atoms with Crippen LogP contribution in [0.3, 0.4) is 0 Å². The van der Waals surface area contributed by atoms with Gasteiger partial charge in [-0.3, -0.25) is 14.9 Å². The molecule has 0 saturated heterocycles. The minimum atomic E-state index is -0.784. The van der Waals surface area contributed by atoms with E-state index in [4.69, 9.17) is 5.11 Å². The van der Waals surface area contributed by atoms with E-state index >= 15 is 0 Å². The van der Waals surface area contributed by atoms with Gasteiger partial charge in [0.25, 0.3) is 5.69 Å². The molecule has 0 saturated carbocycles. The number of carbonyl (C=O) groups is 1. The lowest BCUT2D eigenvalue weighted by molar-refractivity contribution is -0.384. The zero-order valence-corrected chi connectivity index (χ0v) is 9.96. The van der Waals surface area contributed by atoms with Gasteiger partial charge >= 0.3 is 5.97 Å². The number of carboxylic acids is 1. The first-order valence-electron chi connectivity index (χ1n) is 5.75. The number of hydrogen-bond donors (Lipinski definition) is 2. The molecule has 0 spiro atoms. The van der Waals surface area contributed by atoms with Gasteiger partial charge in [-0.2, -0.15) is 0 Å². The maximum absolute atomic E-state index is 10.6. The smallest absolute Gasteiger partial charge is 0.303 e. The van der Waals surface area contributed by atoms with E-state index in [2.05, 4.69) is 5.32 Å². The minimum absolute atomic E-state index is 0.0835. The molecule has 0 atom stereocenters. The third kappa shape index (κ3) is 5.40. The van der Waals surface area contributed by atoms with Crippen molar-refractivity contribution in [2.75, 3.05) is 6.54 Å². The summed E-state index contributed by atoms with van der Waals surface area (Å²) in [5, 5.41) is 22.1. The van der Waals surface area contributed by atoms with Crippen LogP contribution < -0.4 is 5.32 Å². The summed E-state index contributed by atoms with van der Waals surface area (Å²) in [4.78, 5) is 20.4. The highest BCUT2D eigenvalue weighted by molar-refractivity contribution is 5.66. The molecule has 0 aliphatic carbocycles. The molecule has 0 aliphatic rings. The fraction of sp³-hybridized carbons (Fsp3) is 0.417. The van der Waals surface area contributed by atoms with E-state index in [9.17, 15) is 14.9 Å². The molecule has 18 heavy (non-hydrogen) atoms. The molecule has 0 aromatic heterocycles. The van der Waals surface area contributed by atoms with Crippen molar-refractivity contribution in [2.24, 2.45) is 0 Å². The molecule has 0 bridgehead atoms. The maximum atomic E-state index is 10.6. The number of nitro benzene ring substituents is 1. The molecule has 1 aromatic carbocycles. The highest BCUT2D eigenvalue weighted by Crippen LogP contribution is 2.12. The Morgan fingerprint density at radius 3 is 2.83 bits per heavy atom. The Morgan fingerprint density at radius 2 is 2.17 bits per heavy atom. The average Bonchev–Trinajstić information content (AvgIpc) is 2.33. The summed E-state index contributed by atoms with van der Waals surface area (Å²) in [5.41, 5.74) is 0.933. The first-order chi connectivity index (χ1) is 8.59. The van der Waals surface area contributed by atoms with Crippen LogP contribution in [-0.4, -0.2) is 22.5 Å². The molecule has 6 nitrogen and oxygen atoms in total. The van der Waals surface area contributed by atoms with Gasteiger partial charge in [0.05, 0.1) is 4.92 Å². The second-order valence-electron chi connectivity index (χ2n) is 3.95. The van der Waals surface area contributed by atoms with Crippen molar-refractivity contribution >= 4 is 11.7 Å². The van der Waals surface area contributed by atoms with E-state index < -0.39 is 10.9 Å². The van der Waals surface area contributed by atoms with E-state index in [0.717, 1.165) is 12.0 Å². The third-order valence-corrected chi connectivity index (χ3v) is 2.44. The van der Waals surface area contributed by atoms with Gasteiger partial charge in [0.2, 0.25) is 0 Å². The fourth-order valence-electron chi connectivity index (χ4n) is 1.54. The van der Waals surface area contributed by atoms with Gasteiger partial charge in [-0.1, -0.05) is 12.1 Å². The summed E-state index contributed by atoms with van der Waals surface area (Å²) >= 11 is 0. The predicted octanol–water partition coefficient (Wildman–Crippen LogP) is 1.94. The third-order valence-electron chi connectivity index (χ3n) is 2.44. The molecule has 0 radical (unpaired) electrons. The van der Waals surface area contributed by atoms with Crippen LogP contribution in [0.25, 0.3) is 0 Å². The van der Waals surface area contributed by atoms with Crippen LogP contribution in [0, 0.1) is 10.1 Å². The lowest BCUT2D eigenvalue weighted by atomic mass is 10.2. The summed E-state index contributed by atoms with van der Waals surface area (Å²) in [6.45, 7) is 1.25. The van der Waals surface area contributed by atoms with Crippen molar-refractivity contribution in [1.82, 2.24) is 5.32 Å². The molecular weight excluding hydrogens is 236 g/mol. The van der Waals surface area contributed by atoms with Crippen molar-refractivity contribution in [1.29, 1.82) is 0 Å². The summed E-state index contributed by atoms with van der Waals surface area (Å²) < 4.78 is 0. The molecule has 98 valence electrons. The summed E-state index contributed by atoms with van der Waals surface area (Å²) in [6.07, 6.45) is 1.59. The van der Waals surface area contributed by atoms with Crippen molar-refractivity contribution in [2.45, 2.75) is 25.8 Å². The average molecular weight is 252 g/mol. The Labute approximate surface area is 105 Å². The number of aliphatic carboxylic acids is 1. The summed E-state index contributed by atoms with van der Waals surface area (Å²) in [7, 11) is 0. The zero-order chi connectivity index (χ0) is 13.4.